The molecule has 0 aromatic heterocycles. The molecular weight excluding hydrogens is 264 g/mol. The van der Waals surface area contributed by atoms with E-state index in [1.807, 2.05) is 0 Å². The van der Waals surface area contributed by atoms with Crippen LogP contribution in [-0.2, 0) is 29.1 Å². The molecule has 1 atom stereocenters. The van der Waals surface area contributed by atoms with Gasteiger partial charge in [-0.25, -0.2) is 8.42 Å². The van der Waals surface area contributed by atoms with E-state index < -0.39 is 40.3 Å². The summed E-state index contributed by atoms with van der Waals surface area (Å²) >= 11 is 0. The topological polar surface area (TPSA) is 114 Å². The number of nitrogens with zero attached hydrogens (tertiary/aromatic N) is 2. The Bertz CT molecular complexity index is 434. The van der Waals surface area contributed by atoms with Crippen molar-refractivity contribution in [2.45, 2.75) is 12.2 Å². The zero-order chi connectivity index (χ0) is 14.3. The van der Waals surface area contributed by atoms with Gasteiger partial charge in [0.25, 0.3) is 0 Å². The van der Waals surface area contributed by atoms with E-state index in [-0.39, 0.29) is 0 Å². The van der Waals surface area contributed by atoms with E-state index in [9.17, 15) is 18.0 Å². The van der Waals surface area contributed by atoms with Crippen LogP contribution in [0.25, 0.3) is 0 Å². The molecule has 0 saturated heterocycles. The number of rotatable bonds is 6. The third-order valence-electron chi connectivity index (χ3n) is 2.05. The van der Waals surface area contributed by atoms with Crippen LogP contribution >= 0.6 is 0 Å². The van der Waals surface area contributed by atoms with Crippen LogP contribution in [-0.4, -0.2) is 57.2 Å². The summed E-state index contributed by atoms with van der Waals surface area (Å²) in [5.41, 5.74) is 0. The molecule has 0 rings (SSSR count). The Hall–Kier alpha value is -1.66. The number of hydrogen-bond donors (Lipinski definition) is 0. The maximum Gasteiger partial charge on any atom is 0.321 e. The molecule has 0 aliphatic carbocycles. The van der Waals surface area contributed by atoms with Crippen molar-refractivity contribution in [1.82, 2.24) is 4.31 Å². The fraction of sp³-hybridized carbons (Fsp3) is 0.667. The van der Waals surface area contributed by atoms with Gasteiger partial charge in [0, 0.05) is 0 Å². The Morgan fingerprint density at radius 3 is 1.89 bits per heavy atom. The highest BCUT2D eigenvalue weighted by molar-refractivity contribution is 7.90. The number of methoxy groups -OCH3 is 2. The minimum Gasteiger partial charge on any atom is -0.468 e. The lowest BCUT2D eigenvalue weighted by atomic mass is 10.5. The van der Waals surface area contributed by atoms with Gasteiger partial charge in [0.1, 0.15) is 13.1 Å². The predicted octanol–water partition coefficient (Wildman–Crippen LogP) is -1.12. The molecule has 0 aliphatic rings. The van der Waals surface area contributed by atoms with Crippen LogP contribution in [0.15, 0.2) is 0 Å². The molecule has 0 aromatic carbocycles. The largest absolute Gasteiger partial charge is 0.468 e. The molecular formula is C9H14N2O6S. The molecule has 102 valence electrons. The van der Waals surface area contributed by atoms with E-state index in [2.05, 4.69) is 9.47 Å². The first-order valence-electron chi connectivity index (χ1n) is 4.81. The van der Waals surface area contributed by atoms with Gasteiger partial charge in [0.15, 0.2) is 5.25 Å². The number of esters is 2. The van der Waals surface area contributed by atoms with Crippen molar-refractivity contribution in [3.8, 4) is 6.07 Å². The Labute approximate surface area is 105 Å². The molecule has 0 amide bonds. The molecule has 0 aliphatic heterocycles. The normalized spacial score (nSPS) is 12.6. The van der Waals surface area contributed by atoms with Gasteiger partial charge in [-0.15, -0.1) is 0 Å². The quantitative estimate of drug-likeness (QED) is 0.565. The van der Waals surface area contributed by atoms with Crippen LogP contribution in [0.2, 0.25) is 0 Å². The Morgan fingerprint density at radius 2 is 1.61 bits per heavy atom. The van der Waals surface area contributed by atoms with Crippen molar-refractivity contribution < 1.29 is 27.5 Å². The van der Waals surface area contributed by atoms with Crippen molar-refractivity contribution >= 4 is 22.0 Å². The molecule has 0 bridgehead atoms. The van der Waals surface area contributed by atoms with Gasteiger partial charge in [-0.2, -0.15) is 9.57 Å². The highest BCUT2D eigenvalue weighted by Crippen LogP contribution is 2.08. The van der Waals surface area contributed by atoms with Crippen molar-refractivity contribution in [3.63, 3.8) is 0 Å². The van der Waals surface area contributed by atoms with Gasteiger partial charge >= 0.3 is 11.9 Å². The summed E-state index contributed by atoms with van der Waals surface area (Å²) in [5.74, 6) is -1.68. The molecule has 8 nitrogen and oxygen atoms in total. The molecule has 0 spiro atoms. The highest BCUT2D eigenvalue weighted by atomic mass is 32.2. The van der Waals surface area contributed by atoms with E-state index in [1.54, 1.807) is 0 Å². The van der Waals surface area contributed by atoms with Gasteiger partial charge < -0.3 is 9.47 Å². The van der Waals surface area contributed by atoms with Crippen molar-refractivity contribution in [3.05, 3.63) is 0 Å². The monoisotopic (exact) mass is 278 g/mol. The standard InChI is InChI=1S/C9H14N2O6S/c1-7(4-10)18(14,15)11(5-8(12)16-2)6-9(13)17-3/h7H,5-6H2,1-3H3. The summed E-state index contributed by atoms with van der Waals surface area (Å²) < 4.78 is 32.9. The SMILES string of the molecule is COC(=O)CN(CC(=O)OC)S(=O)(=O)C(C)C#N. The van der Waals surface area contributed by atoms with E-state index in [0.29, 0.717) is 4.31 Å². The van der Waals surface area contributed by atoms with E-state index >= 15 is 0 Å². The molecule has 0 fully saturated rings. The summed E-state index contributed by atoms with van der Waals surface area (Å²) in [5, 5.41) is 7.23. The minimum absolute atomic E-state index is 0.554. The molecule has 9 heteroatoms. The van der Waals surface area contributed by atoms with Crippen molar-refractivity contribution in [1.29, 1.82) is 5.26 Å². The van der Waals surface area contributed by atoms with E-state index in [1.165, 1.54) is 6.07 Å². The lowest BCUT2D eigenvalue weighted by Crippen LogP contribution is -2.43. The maximum atomic E-state index is 11.9. The first-order chi connectivity index (χ1) is 8.29. The lowest BCUT2D eigenvalue weighted by molar-refractivity contribution is -0.143. The second-order valence-electron chi connectivity index (χ2n) is 3.24. The number of nitriles is 1. The van der Waals surface area contributed by atoms with Gasteiger partial charge in [-0.1, -0.05) is 0 Å². The maximum absolute atomic E-state index is 11.9. The Balaban J connectivity index is 5.15. The minimum atomic E-state index is -4.09. The molecule has 0 heterocycles. The van der Waals surface area contributed by atoms with E-state index in [0.717, 1.165) is 21.1 Å². The average molecular weight is 278 g/mol. The van der Waals surface area contributed by atoms with Crippen LogP contribution < -0.4 is 0 Å². The third-order valence-corrected chi connectivity index (χ3v) is 4.03. The number of ether oxygens (including phenoxy) is 2. The number of hydrogen-bond acceptors (Lipinski definition) is 7. The van der Waals surface area contributed by atoms with Crippen LogP contribution in [0.1, 0.15) is 6.92 Å². The molecule has 0 N–H and O–H groups in total. The smallest absolute Gasteiger partial charge is 0.321 e. The zero-order valence-corrected chi connectivity index (χ0v) is 11.1. The highest BCUT2D eigenvalue weighted by Gasteiger charge is 2.32. The van der Waals surface area contributed by atoms with Crippen molar-refractivity contribution in [2.24, 2.45) is 0 Å². The van der Waals surface area contributed by atoms with Gasteiger partial charge in [0.05, 0.1) is 20.3 Å². The van der Waals surface area contributed by atoms with Crippen molar-refractivity contribution in [2.75, 3.05) is 27.3 Å². The summed E-state index contributed by atoms with van der Waals surface area (Å²) in [6.45, 7) is -0.156. The molecule has 18 heavy (non-hydrogen) atoms. The first kappa shape index (κ1) is 16.3. The van der Waals surface area contributed by atoms with Crippen LogP contribution in [0, 0.1) is 11.3 Å². The number of carbonyl (C=O) groups excluding carboxylic acids is 2. The summed E-state index contributed by atoms with van der Waals surface area (Å²) in [7, 11) is -1.93. The van der Waals surface area contributed by atoms with Crippen LogP contribution in [0.4, 0.5) is 0 Å². The van der Waals surface area contributed by atoms with Gasteiger partial charge in [-0.3, -0.25) is 9.59 Å². The molecule has 0 saturated carbocycles. The fourth-order valence-electron chi connectivity index (χ4n) is 0.943. The Kier molecular flexibility index (Phi) is 6.29. The molecule has 1 unspecified atom stereocenters. The summed E-state index contributed by atoms with van der Waals surface area (Å²) in [6.07, 6.45) is 0. The third kappa shape index (κ3) is 4.31. The first-order valence-corrected chi connectivity index (χ1v) is 6.32. The predicted molar refractivity (Wildman–Crippen MR) is 59.6 cm³/mol. The lowest BCUT2D eigenvalue weighted by Gasteiger charge is -2.20. The Morgan fingerprint density at radius 1 is 1.22 bits per heavy atom. The second kappa shape index (κ2) is 6.93. The molecule has 0 radical (unpaired) electrons. The fourth-order valence-corrected chi connectivity index (χ4v) is 2.09. The van der Waals surface area contributed by atoms with Gasteiger partial charge in [-0.05, 0) is 6.92 Å². The van der Waals surface area contributed by atoms with Gasteiger partial charge in [0.2, 0.25) is 10.0 Å². The summed E-state index contributed by atoms with van der Waals surface area (Å²) in [4.78, 5) is 22.2. The number of carbonyl (C=O) groups is 2. The van der Waals surface area contributed by atoms with Crippen LogP contribution in [0.3, 0.4) is 0 Å². The average Bonchev–Trinajstić information content (AvgIpc) is 2.35. The number of sulfonamides is 1. The molecule has 0 aromatic rings. The van der Waals surface area contributed by atoms with Crippen LogP contribution in [0.5, 0.6) is 0 Å². The zero-order valence-electron chi connectivity index (χ0n) is 10.2. The summed E-state index contributed by atoms with van der Waals surface area (Å²) in [6, 6.07) is 1.53. The van der Waals surface area contributed by atoms with E-state index in [4.69, 9.17) is 5.26 Å². The second-order valence-corrected chi connectivity index (χ2v) is 5.49.